The maximum absolute atomic E-state index is 12.6. The van der Waals surface area contributed by atoms with E-state index in [1.165, 1.54) is 11.8 Å². The molecule has 0 fully saturated rings. The van der Waals surface area contributed by atoms with Gasteiger partial charge in [0.1, 0.15) is 5.75 Å². The maximum Gasteiger partial charge on any atom is 0.338 e. The molecule has 1 amide bonds. The fourth-order valence-corrected chi connectivity index (χ4v) is 4.13. The van der Waals surface area contributed by atoms with Crippen molar-refractivity contribution in [3.63, 3.8) is 0 Å². The smallest absolute Gasteiger partial charge is 0.338 e. The predicted molar refractivity (Wildman–Crippen MR) is 134 cm³/mol. The summed E-state index contributed by atoms with van der Waals surface area (Å²) in [5, 5.41) is 22.3. The molecule has 3 aromatic carbocycles. The lowest BCUT2D eigenvalue weighted by atomic mass is 10.1. The summed E-state index contributed by atoms with van der Waals surface area (Å²) in [6, 6.07) is 23.3. The quantitative estimate of drug-likeness (QED) is 0.262. The van der Waals surface area contributed by atoms with Crippen LogP contribution in [-0.2, 0) is 16.1 Å². The maximum atomic E-state index is 12.6. The van der Waals surface area contributed by atoms with Gasteiger partial charge in [0, 0.05) is 5.69 Å². The molecule has 0 saturated carbocycles. The standard InChI is InChI=1S/C26H24N4O4S/c1-2-34-25(33)19-12-14-20(15-13-19)27-23(32)17-35-26-29-28-24(21-10-6-7-11-22(21)31)30(26)16-18-8-4-3-5-9-18/h3-15,31H,2,16-17H2,1H3,(H,27,32). The molecule has 0 aliphatic rings. The Bertz CT molecular complexity index is 1310. The molecular formula is C26H24N4O4S. The fourth-order valence-electron chi connectivity index (χ4n) is 3.40. The van der Waals surface area contributed by atoms with Crippen LogP contribution in [-0.4, -0.2) is 44.1 Å². The van der Waals surface area contributed by atoms with Gasteiger partial charge in [-0.25, -0.2) is 4.79 Å². The van der Waals surface area contributed by atoms with Crippen LogP contribution in [0.4, 0.5) is 5.69 Å². The first-order valence-electron chi connectivity index (χ1n) is 11.0. The number of amides is 1. The van der Waals surface area contributed by atoms with Crippen LogP contribution >= 0.6 is 11.8 Å². The number of hydrogen-bond donors (Lipinski definition) is 2. The van der Waals surface area contributed by atoms with E-state index in [0.717, 1.165) is 5.56 Å². The number of benzene rings is 3. The van der Waals surface area contributed by atoms with E-state index in [1.807, 2.05) is 41.0 Å². The molecule has 0 bridgehead atoms. The number of nitrogens with zero attached hydrogens (tertiary/aromatic N) is 3. The SMILES string of the molecule is CCOC(=O)c1ccc(NC(=O)CSc2nnc(-c3ccccc3O)n2Cc2ccccc2)cc1. The number of carbonyl (C=O) groups excluding carboxylic acids is 2. The Hall–Kier alpha value is -4.11. The molecule has 8 nitrogen and oxygen atoms in total. The minimum atomic E-state index is -0.404. The average Bonchev–Trinajstić information content (AvgIpc) is 3.26. The molecule has 0 unspecified atom stereocenters. The van der Waals surface area contributed by atoms with E-state index in [1.54, 1.807) is 49.4 Å². The van der Waals surface area contributed by atoms with E-state index in [0.29, 0.717) is 40.9 Å². The van der Waals surface area contributed by atoms with Gasteiger partial charge < -0.3 is 15.2 Å². The number of hydrogen-bond acceptors (Lipinski definition) is 7. The summed E-state index contributed by atoms with van der Waals surface area (Å²) in [5.74, 6) is 0.100. The summed E-state index contributed by atoms with van der Waals surface area (Å²) >= 11 is 1.25. The number of nitrogens with one attached hydrogen (secondary N) is 1. The van der Waals surface area contributed by atoms with Gasteiger partial charge in [-0.3, -0.25) is 9.36 Å². The number of thioether (sulfide) groups is 1. The zero-order chi connectivity index (χ0) is 24.6. The number of ether oxygens (including phenoxy) is 1. The van der Waals surface area contributed by atoms with E-state index in [-0.39, 0.29) is 17.4 Å². The third-order valence-electron chi connectivity index (χ3n) is 5.06. The molecule has 178 valence electrons. The van der Waals surface area contributed by atoms with Crippen molar-refractivity contribution < 1.29 is 19.4 Å². The van der Waals surface area contributed by atoms with Gasteiger partial charge in [-0.15, -0.1) is 10.2 Å². The van der Waals surface area contributed by atoms with E-state index in [2.05, 4.69) is 15.5 Å². The normalized spacial score (nSPS) is 10.7. The van der Waals surface area contributed by atoms with Crippen LogP contribution in [0.3, 0.4) is 0 Å². The Kier molecular flexibility index (Phi) is 7.79. The monoisotopic (exact) mass is 488 g/mol. The molecular weight excluding hydrogens is 464 g/mol. The van der Waals surface area contributed by atoms with Crippen molar-refractivity contribution in [3.05, 3.63) is 90.0 Å². The van der Waals surface area contributed by atoms with Crippen molar-refractivity contribution in [2.45, 2.75) is 18.6 Å². The fraction of sp³-hybridized carbons (Fsp3) is 0.154. The second kappa shape index (κ2) is 11.3. The number of carbonyl (C=O) groups is 2. The molecule has 0 radical (unpaired) electrons. The van der Waals surface area contributed by atoms with Gasteiger partial charge >= 0.3 is 5.97 Å². The lowest BCUT2D eigenvalue weighted by molar-refractivity contribution is -0.113. The van der Waals surface area contributed by atoms with Crippen molar-refractivity contribution in [2.75, 3.05) is 17.7 Å². The van der Waals surface area contributed by atoms with Gasteiger partial charge in [-0.2, -0.15) is 0 Å². The number of rotatable bonds is 9. The zero-order valence-corrected chi connectivity index (χ0v) is 19.9. The Morgan fingerprint density at radius 2 is 1.69 bits per heavy atom. The van der Waals surface area contributed by atoms with Crippen LogP contribution in [0.1, 0.15) is 22.8 Å². The molecule has 9 heteroatoms. The van der Waals surface area contributed by atoms with Crippen LogP contribution in [0.2, 0.25) is 0 Å². The van der Waals surface area contributed by atoms with Gasteiger partial charge in [0.2, 0.25) is 5.91 Å². The second-order valence-corrected chi connectivity index (χ2v) is 8.47. The third-order valence-corrected chi connectivity index (χ3v) is 6.02. The zero-order valence-electron chi connectivity index (χ0n) is 19.0. The van der Waals surface area contributed by atoms with Crippen molar-refractivity contribution in [2.24, 2.45) is 0 Å². The number of para-hydroxylation sites is 1. The minimum Gasteiger partial charge on any atom is -0.507 e. The number of phenols is 1. The van der Waals surface area contributed by atoms with Crippen LogP contribution in [0.25, 0.3) is 11.4 Å². The molecule has 35 heavy (non-hydrogen) atoms. The van der Waals surface area contributed by atoms with E-state index in [9.17, 15) is 14.7 Å². The highest BCUT2D eigenvalue weighted by molar-refractivity contribution is 7.99. The predicted octanol–water partition coefficient (Wildman–Crippen LogP) is 4.61. The Morgan fingerprint density at radius 3 is 2.40 bits per heavy atom. The van der Waals surface area contributed by atoms with Crippen LogP contribution < -0.4 is 5.32 Å². The molecule has 0 atom stereocenters. The highest BCUT2D eigenvalue weighted by Crippen LogP contribution is 2.30. The van der Waals surface area contributed by atoms with E-state index in [4.69, 9.17) is 4.74 Å². The molecule has 4 aromatic rings. The van der Waals surface area contributed by atoms with Crippen LogP contribution in [0.15, 0.2) is 84.0 Å². The molecule has 0 spiro atoms. The van der Waals surface area contributed by atoms with Crippen molar-refractivity contribution in [3.8, 4) is 17.1 Å². The van der Waals surface area contributed by atoms with Gasteiger partial charge in [0.05, 0.1) is 30.0 Å². The molecule has 0 aliphatic heterocycles. The van der Waals surface area contributed by atoms with Gasteiger partial charge in [-0.05, 0) is 48.9 Å². The summed E-state index contributed by atoms with van der Waals surface area (Å²) in [6.45, 7) is 2.53. The van der Waals surface area contributed by atoms with Gasteiger partial charge in [-0.1, -0.05) is 54.2 Å². The van der Waals surface area contributed by atoms with Gasteiger partial charge in [0.15, 0.2) is 11.0 Å². The first-order chi connectivity index (χ1) is 17.0. The summed E-state index contributed by atoms with van der Waals surface area (Å²) in [5.41, 5.74) is 2.60. The Balaban J connectivity index is 1.48. The molecule has 2 N–H and O–H groups in total. The number of esters is 1. The molecule has 0 saturated heterocycles. The molecule has 1 aromatic heterocycles. The Morgan fingerprint density at radius 1 is 0.971 bits per heavy atom. The van der Waals surface area contributed by atoms with Crippen LogP contribution in [0, 0.1) is 0 Å². The Labute approximate surface area is 207 Å². The summed E-state index contributed by atoms with van der Waals surface area (Å²) in [6.07, 6.45) is 0. The highest BCUT2D eigenvalue weighted by Gasteiger charge is 2.18. The molecule has 0 aliphatic carbocycles. The lowest BCUT2D eigenvalue weighted by Gasteiger charge is -2.11. The lowest BCUT2D eigenvalue weighted by Crippen LogP contribution is -2.15. The largest absolute Gasteiger partial charge is 0.507 e. The summed E-state index contributed by atoms with van der Waals surface area (Å²) in [4.78, 5) is 24.4. The van der Waals surface area contributed by atoms with E-state index >= 15 is 0 Å². The summed E-state index contributed by atoms with van der Waals surface area (Å²) < 4.78 is 6.86. The van der Waals surface area contributed by atoms with Crippen molar-refractivity contribution in [1.82, 2.24) is 14.8 Å². The number of phenolic OH excluding ortho intramolecular Hbond substituents is 1. The third kappa shape index (κ3) is 6.07. The number of aromatic nitrogens is 3. The van der Waals surface area contributed by atoms with Crippen LogP contribution in [0.5, 0.6) is 5.75 Å². The molecule has 4 rings (SSSR count). The first kappa shape index (κ1) is 24.0. The first-order valence-corrected chi connectivity index (χ1v) is 12.0. The second-order valence-electron chi connectivity index (χ2n) is 7.53. The average molecular weight is 489 g/mol. The highest BCUT2D eigenvalue weighted by atomic mass is 32.2. The number of aromatic hydroxyl groups is 1. The summed E-state index contributed by atoms with van der Waals surface area (Å²) in [7, 11) is 0. The van der Waals surface area contributed by atoms with Crippen molar-refractivity contribution >= 4 is 29.3 Å². The minimum absolute atomic E-state index is 0.104. The topological polar surface area (TPSA) is 106 Å². The van der Waals surface area contributed by atoms with Gasteiger partial charge in [0.25, 0.3) is 0 Å². The van der Waals surface area contributed by atoms with E-state index < -0.39 is 5.97 Å². The molecule has 1 heterocycles. The number of anilines is 1. The van der Waals surface area contributed by atoms with Crippen molar-refractivity contribution in [1.29, 1.82) is 0 Å².